The zero-order valence-corrected chi connectivity index (χ0v) is 11.7. The van der Waals surface area contributed by atoms with Crippen molar-refractivity contribution in [2.45, 2.75) is 45.7 Å². The topological polar surface area (TPSA) is 57.8 Å². The van der Waals surface area contributed by atoms with Crippen molar-refractivity contribution in [2.75, 3.05) is 11.9 Å². The fraction of sp³-hybridized carbons (Fsp3) is 0.692. The molecule has 0 aliphatic carbocycles. The zero-order valence-electron chi connectivity index (χ0n) is 11.7. The Labute approximate surface area is 115 Å². The molecule has 114 valence electrons. The fourth-order valence-electron chi connectivity index (χ4n) is 1.87. The number of hydrogen-bond acceptors (Lipinski definition) is 3. The average molecular weight is 291 g/mol. The second-order valence-electron chi connectivity index (χ2n) is 4.77. The van der Waals surface area contributed by atoms with Crippen molar-refractivity contribution in [1.29, 1.82) is 0 Å². The maximum absolute atomic E-state index is 12.5. The van der Waals surface area contributed by atoms with Gasteiger partial charge in [-0.15, -0.1) is 0 Å². The second-order valence-corrected chi connectivity index (χ2v) is 4.77. The molecule has 1 unspecified atom stereocenters. The number of alkyl halides is 3. The number of nitrogens with one attached hydrogen (secondary N) is 2. The lowest BCUT2D eigenvalue weighted by Crippen LogP contribution is -2.21. The van der Waals surface area contributed by atoms with Crippen LogP contribution in [0, 0.1) is 5.92 Å². The molecule has 0 saturated carbocycles. The van der Waals surface area contributed by atoms with Crippen molar-refractivity contribution in [1.82, 2.24) is 9.97 Å². The average Bonchev–Trinajstić information content (AvgIpc) is 2.37. The highest BCUT2D eigenvalue weighted by Crippen LogP contribution is 2.26. The van der Waals surface area contributed by atoms with Crippen LogP contribution in [0.1, 0.15) is 45.2 Å². The van der Waals surface area contributed by atoms with Gasteiger partial charge in [0.2, 0.25) is 5.95 Å². The summed E-state index contributed by atoms with van der Waals surface area (Å²) in [6.45, 7) is 4.62. The molecule has 0 fully saturated rings. The van der Waals surface area contributed by atoms with E-state index in [2.05, 4.69) is 22.2 Å². The molecule has 1 rings (SSSR count). The minimum atomic E-state index is -4.61. The van der Waals surface area contributed by atoms with Crippen LogP contribution in [-0.2, 0) is 6.18 Å². The minimum absolute atomic E-state index is 0.125. The van der Waals surface area contributed by atoms with Gasteiger partial charge in [0.25, 0.3) is 5.56 Å². The number of hydrogen-bond donors (Lipinski definition) is 2. The standard InChI is InChI=1S/C13H20F3N3O/c1-3-5-6-9(4-2)8-17-12-18-10(13(14,15)16)7-11(20)19-12/h7,9H,3-6,8H2,1-2H3,(H2,17,18,19,20). The maximum Gasteiger partial charge on any atom is 0.433 e. The molecule has 1 aromatic heterocycles. The number of anilines is 1. The number of nitrogens with zero attached hydrogens (tertiary/aromatic N) is 1. The van der Waals surface area contributed by atoms with E-state index in [1.54, 1.807) is 0 Å². The Morgan fingerprint density at radius 1 is 1.40 bits per heavy atom. The van der Waals surface area contributed by atoms with E-state index in [-0.39, 0.29) is 5.95 Å². The predicted octanol–water partition coefficient (Wildman–Crippen LogP) is 3.42. The van der Waals surface area contributed by atoms with Gasteiger partial charge in [-0.05, 0) is 12.3 Å². The molecular weight excluding hydrogens is 271 g/mol. The van der Waals surface area contributed by atoms with Gasteiger partial charge in [-0.1, -0.05) is 33.1 Å². The third kappa shape index (κ3) is 5.22. The third-order valence-electron chi connectivity index (χ3n) is 3.13. The molecule has 0 aromatic carbocycles. The van der Waals surface area contributed by atoms with Crippen LogP contribution >= 0.6 is 0 Å². The van der Waals surface area contributed by atoms with E-state index in [9.17, 15) is 18.0 Å². The number of aromatic amines is 1. The van der Waals surface area contributed by atoms with Crippen molar-refractivity contribution < 1.29 is 13.2 Å². The Morgan fingerprint density at radius 3 is 2.65 bits per heavy atom. The van der Waals surface area contributed by atoms with Crippen LogP contribution in [-0.4, -0.2) is 16.5 Å². The van der Waals surface area contributed by atoms with E-state index in [4.69, 9.17) is 0 Å². The Morgan fingerprint density at radius 2 is 2.10 bits per heavy atom. The highest BCUT2D eigenvalue weighted by molar-refractivity contribution is 5.26. The van der Waals surface area contributed by atoms with Gasteiger partial charge in [0, 0.05) is 12.6 Å². The van der Waals surface area contributed by atoms with Crippen LogP contribution in [0.25, 0.3) is 0 Å². The number of unbranched alkanes of at least 4 members (excludes halogenated alkanes) is 1. The molecule has 0 amide bonds. The third-order valence-corrected chi connectivity index (χ3v) is 3.13. The lowest BCUT2D eigenvalue weighted by Gasteiger charge is -2.16. The summed E-state index contributed by atoms with van der Waals surface area (Å²) in [6, 6.07) is 0.458. The lowest BCUT2D eigenvalue weighted by molar-refractivity contribution is -0.141. The van der Waals surface area contributed by atoms with Gasteiger partial charge in [-0.3, -0.25) is 9.78 Å². The van der Waals surface area contributed by atoms with Crippen molar-refractivity contribution in [3.8, 4) is 0 Å². The number of aromatic nitrogens is 2. The number of H-pyrrole nitrogens is 1. The molecular formula is C13H20F3N3O. The van der Waals surface area contributed by atoms with Gasteiger partial charge >= 0.3 is 6.18 Å². The maximum atomic E-state index is 12.5. The van der Waals surface area contributed by atoms with Crippen molar-refractivity contribution in [2.24, 2.45) is 5.92 Å². The first-order valence-corrected chi connectivity index (χ1v) is 6.79. The van der Waals surface area contributed by atoms with Crippen LogP contribution in [0.4, 0.5) is 19.1 Å². The molecule has 4 nitrogen and oxygen atoms in total. The Kier molecular flexibility index (Phi) is 6.04. The first-order valence-electron chi connectivity index (χ1n) is 6.79. The summed E-state index contributed by atoms with van der Waals surface area (Å²) in [7, 11) is 0. The summed E-state index contributed by atoms with van der Waals surface area (Å²) in [6.07, 6.45) is -0.529. The minimum Gasteiger partial charge on any atom is -0.355 e. The smallest absolute Gasteiger partial charge is 0.355 e. The molecule has 0 spiro atoms. The zero-order chi connectivity index (χ0) is 15.2. The summed E-state index contributed by atoms with van der Waals surface area (Å²) in [4.78, 5) is 16.9. The molecule has 1 aromatic rings. The predicted molar refractivity (Wildman–Crippen MR) is 71.7 cm³/mol. The monoisotopic (exact) mass is 291 g/mol. The normalized spacial score (nSPS) is 13.2. The molecule has 1 atom stereocenters. The molecule has 0 saturated heterocycles. The molecule has 0 aliphatic rings. The molecule has 0 bridgehead atoms. The molecule has 0 aliphatic heterocycles. The van der Waals surface area contributed by atoms with Crippen LogP contribution in [0.5, 0.6) is 0 Å². The SMILES string of the molecule is CCCCC(CC)CNc1nc(C(F)(F)F)cc(=O)[nH]1. The molecule has 2 N–H and O–H groups in total. The first kappa shape index (κ1) is 16.5. The molecule has 0 radical (unpaired) electrons. The highest BCUT2D eigenvalue weighted by Gasteiger charge is 2.33. The van der Waals surface area contributed by atoms with E-state index >= 15 is 0 Å². The van der Waals surface area contributed by atoms with Gasteiger partial charge in [-0.25, -0.2) is 4.98 Å². The molecule has 20 heavy (non-hydrogen) atoms. The van der Waals surface area contributed by atoms with Crippen molar-refractivity contribution >= 4 is 5.95 Å². The summed E-state index contributed by atoms with van der Waals surface area (Å²) < 4.78 is 37.6. The van der Waals surface area contributed by atoms with E-state index in [1.165, 1.54) is 0 Å². The Balaban J connectivity index is 2.72. The van der Waals surface area contributed by atoms with Gasteiger partial charge < -0.3 is 5.32 Å². The van der Waals surface area contributed by atoms with E-state index < -0.39 is 17.4 Å². The first-order chi connectivity index (χ1) is 9.36. The van der Waals surface area contributed by atoms with Crippen LogP contribution in [0.2, 0.25) is 0 Å². The summed E-state index contributed by atoms with van der Waals surface area (Å²) in [5.74, 6) is 0.231. The Hall–Kier alpha value is -1.53. The summed E-state index contributed by atoms with van der Waals surface area (Å²) in [5.41, 5.74) is -1.98. The van der Waals surface area contributed by atoms with E-state index in [0.717, 1.165) is 25.7 Å². The van der Waals surface area contributed by atoms with E-state index in [0.29, 0.717) is 18.5 Å². The summed E-state index contributed by atoms with van der Waals surface area (Å²) in [5, 5.41) is 2.79. The van der Waals surface area contributed by atoms with Crippen LogP contribution in [0.3, 0.4) is 0 Å². The largest absolute Gasteiger partial charge is 0.433 e. The van der Waals surface area contributed by atoms with E-state index in [1.807, 2.05) is 6.92 Å². The highest BCUT2D eigenvalue weighted by atomic mass is 19.4. The van der Waals surface area contributed by atoms with Crippen LogP contribution < -0.4 is 10.9 Å². The summed E-state index contributed by atoms with van der Waals surface area (Å²) >= 11 is 0. The van der Waals surface area contributed by atoms with Gasteiger partial charge in [0.05, 0.1) is 0 Å². The second kappa shape index (κ2) is 7.31. The van der Waals surface area contributed by atoms with Gasteiger partial charge in [-0.2, -0.15) is 13.2 Å². The van der Waals surface area contributed by atoms with Gasteiger partial charge in [0.1, 0.15) is 0 Å². The van der Waals surface area contributed by atoms with Crippen LogP contribution in [0.15, 0.2) is 10.9 Å². The Bertz CT molecular complexity index is 471. The van der Waals surface area contributed by atoms with Crippen molar-refractivity contribution in [3.05, 3.63) is 22.1 Å². The molecule has 1 heterocycles. The number of halogens is 3. The quantitative estimate of drug-likeness (QED) is 0.809. The molecule has 7 heteroatoms. The van der Waals surface area contributed by atoms with Gasteiger partial charge in [0.15, 0.2) is 5.69 Å². The lowest BCUT2D eigenvalue weighted by atomic mass is 9.99. The fourth-order valence-corrected chi connectivity index (χ4v) is 1.87. The van der Waals surface area contributed by atoms with Crippen molar-refractivity contribution in [3.63, 3.8) is 0 Å². The number of rotatable bonds is 7.